The van der Waals surface area contributed by atoms with Gasteiger partial charge in [0, 0.05) is 18.2 Å². The van der Waals surface area contributed by atoms with Crippen molar-refractivity contribution in [2.24, 2.45) is 5.84 Å². The summed E-state index contributed by atoms with van der Waals surface area (Å²) in [5.41, 5.74) is 3.45. The molecule has 2 atom stereocenters. The van der Waals surface area contributed by atoms with E-state index in [4.69, 9.17) is 5.84 Å². The zero-order valence-corrected chi connectivity index (χ0v) is 12.0. The summed E-state index contributed by atoms with van der Waals surface area (Å²) in [6, 6.07) is 12.8. The van der Waals surface area contributed by atoms with Gasteiger partial charge in [-0.1, -0.05) is 30.3 Å². The van der Waals surface area contributed by atoms with Crippen LogP contribution in [0.15, 0.2) is 53.6 Å². The van der Waals surface area contributed by atoms with E-state index in [9.17, 15) is 8.42 Å². The summed E-state index contributed by atoms with van der Waals surface area (Å²) in [6.45, 7) is 0. The highest BCUT2D eigenvalue weighted by atomic mass is 32.2. The molecule has 6 nitrogen and oxygen atoms in total. The van der Waals surface area contributed by atoms with E-state index in [0.717, 1.165) is 12.0 Å². The number of hydrogen-bond acceptors (Lipinski definition) is 5. The smallest absolute Gasteiger partial charge is 0.244 e. The zero-order valence-electron chi connectivity index (χ0n) is 11.2. The van der Waals surface area contributed by atoms with Crippen molar-refractivity contribution in [3.63, 3.8) is 0 Å². The second-order valence-corrected chi connectivity index (χ2v) is 6.66. The van der Waals surface area contributed by atoms with E-state index in [-0.39, 0.29) is 22.7 Å². The van der Waals surface area contributed by atoms with Crippen molar-refractivity contribution in [2.45, 2.75) is 23.3 Å². The van der Waals surface area contributed by atoms with E-state index in [1.807, 2.05) is 30.3 Å². The number of aromatic nitrogens is 1. The van der Waals surface area contributed by atoms with Crippen molar-refractivity contribution < 1.29 is 8.42 Å². The molecule has 0 amide bonds. The van der Waals surface area contributed by atoms with Gasteiger partial charge in [0.25, 0.3) is 0 Å². The number of hydrogen-bond donors (Lipinski definition) is 3. The van der Waals surface area contributed by atoms with Gasteiger partial charge in [-0.25, -0.2) is 24.0 Å². The molecule has 1 aliphatic rings. The average molecular weight is 304 g/mol. The predicted octanol–water partition coefficient (Wildman–Crippen LogP) is 1.20. The monoisotopic (exact) mass is 304 g/mol. The van der Waals surface area contributed by atoms with Crippen LogP contribution in [0, 0.1) is 0 Å². The summed E-state index contributed by atoms with van der Waals surface area (Å²) in [4.78, 5) is 3.97. The van der Waals surface area contributed by atoms with Gasteiger partial charge < -0.3 is 5.43 Å². The third-order valence-corrected chi connectivity index (χ3v) is 5.04. The Morgan fingerprint density at radius 1 is 1.14 bits per heavy atom. The van der Waals surface area contributed by atoms with Crippen molar-refractivity contribution in [1.29, 1.82) is 0 Å². The number of rotatable bonds is 5. The molecule has 3 rings (SSSR count). The van der Waals surface area contributed by atoms with Gasteiger partial charge in [-0.05, 0) is 24.1 Å². The normalized spacial score (nSPS) is 21.0. The maximum atomic E-state index is 12.4. The summed E-state index contributed by atoms with van der Waals surface area (Å²) in [5, 5.41) is 0. The fourth-order valence-corrected chi connectivity index (χ4v) is 3.78. The molecule has 0 radical (unpaired) electrons. The van der Waals surface area contributed by atoms with Crippen molar-refractivity contribution in [1.82, 2.24) is 9.71 Å². The van der Waals surface area contributed by atoms with Gasteiger partial charge in [0.05, 0.1) is 0 Å². The van der Waals surface area contributed by atoms with E-state index < -0.39 is 10.0 Å². The molecule has 1 saturated carbocycles. The molecule has 1 aromatic heterocycles. The Morgan fingerprint density at radius 3 is 2.62 bits per heavy atom. The molecule has 21 heavy (non-hydrogen) atoms. The lowest BCUT2D eigenvalue weighted by atomic mass is 10.1. The Morgan fingerprint density at radius 2 is 1.90 bits per heavy atom. The van der Waals surface area contributed by atoms with E-state index >= 15 is 0 Å². The molecule has 2 aromatic rings. The molecular formula is C14H16N4O2S. The van der Waals surface area contributed by atoms with Gasteiger partial charge in [-0.3, -0.25) is 0 Å². The molecular weight excluding hydrogens is 288 g/mol. The first-order chi connectivity index (χ1) is 10.1. The third kappa shape index (κ3) is 2.90. The lowest BCUT2D eigenvalue weighted by molar-refractivity contribution is 0.580. The molecule has 4 N–H and O–H groups in total. The Labute approximate surface area is 123 Å². The van der Waals surface area contributed by atoms with Crippen LogP contribution in [0.5, 0.6) is 0 Å². The highest BCUT2D eigenvalue weighted by Gasteiger charge is 2.41. The molecule has 1 fully saturated rings. The van der Waals surface area contributed by atoms with E-state index in [1.165, 1.54) is 12.3 Å². The number of sulfonamides is 1. The minimum Gasteiger partial charge on any atom is -0.307 e. The Kier molecular flexibility index (Phi) is 3.62. The predicted molar refractivity (Wildman–Crippen MR) is 80.0 cm³/mol. The lowest BCUT2D eigenvalue weighted by Gasteiger charge is -2.09. The molecule has 0 saturated heterocycles. The van der Waals surface area contributed by atoms with Crippen LogP contribution in [0.2, 0.25) is 0 Å². The van der Waals surface area contributed by atoms with Gasteiger partial charge in [-0.2, -0.15) is 0 Å². The quantitative estimate of drug-likeness (QED) is 0.570. The van der Waals surface area contributed by atoms with Gasteiger partial charge >= 0.3 is 0 Å². The number of nitrogens with one attached hydrogen (secondary N) is 2. The second-order valence-electron chi connectivity index (χ2n) is 4.98. The average Bonchev–Trinajstić information content (AvgIpc) is 3.26. The molecule has 7 heteroatoms. The summed E-state index contributed by atoms with van der Waals surface area (Å²) >= 11 is 0. The van der Waals surface area contributed by atoms with Gasteiger partial charge in [0.2, 0.25) is 10.0 Å². The van der Waals surface area contributed by atoms with Crippen LogP contribution in [0.4, 0.5) is 5.82 Å². The summed E-state index contributed by atoms with van der Waals surface area (Å²) < 4.78 is 27.5. The van der Waals surface area contributed by atoms with E-state index in [2.05, 4.69) is 15.1 Å². The topological polar surface area (TPSA) is 97.1 Å². The van der Waals surface area contributed by atoms with Gasteiger partial charge in [0.15, 0.2) is 5.82 Å². The second kappa shape index (κ2) is 5.44. The van der Waals surface area contributed by atoms with Crippen LogP contribution in [0.25, 0.3) is 0 Å². The van der Waals surface area contributed by atoms with Crippen LogP contribution in [-0.4, -0.2) is 19.4 Å². The maximum Gasteiger partial charge on any atom is 0.244 e. The minimum atomic E-state index is -3.64. The van der Waals surface area contributed by atoms with Crippen LogP contribution >= 0.6 is 0 Å². The van der Waals surface area contributed by atoms with Crippen LogP contribution in [0.3, 0.4) is 0 Å². The summed E-state index contributed by atoms with van der Waals surface area (Å²) in [5.74, 6) is 5.68. The SMILES string of the molecule is NNc1ncccc1S(=O)(=O)NC1CC1c1ccccc1. The molecule has 1 aliphatic carbocycles. The van der Waals surface area contributed by atoms with Crippen LogP contribution < -0.4 is 16.0 Å². The lowest BCUT2D eigenvalue weighted by Crippen LogP contribution is -2.28. The fourth-order valence-electron chi connectivity index (χ4n) is 2.37. The maximum absolute atomic E-state index is 12.4. The summed E-state index contributed by atoms with van der Waals surface area (Å²) in [7, 11) is -3.64. The number of nitrogen functional groups attached to an aromatic ring is 1. The number of nitrogens with two attached hydrogens (primary N) is 1. The Balaban J connectivity index is 1.77. The van der Waals surface area contributed by atoms with Crippen molar-refractivity contribution >= 4 is 15.8 Å². The van der Waals surface area contributed by atoms with Gasteiger partial charge in [0.1, 0.15) is 4.90 Å². The molecule has 0 bridgehead atoms. The molecule has 110 valence electrons. The Hall–Kier alpha value is -1.96. The van der Waals surface area contributed by atoms with Crippen molar-refractivity contribution in [3.8, 4) is 0 Å². The number of nitrogens with zero attached hydrogens (tertiary/aromatic N) is 1. The largest absolute Gasteiger partial charge is 0.307 e. The number of pyridine rings is 1. The van der Waals surface area contributed by atoms with E-state index in [1.54, 1.807) is 6.07 Å². The highest BCUT2D eigenvalue weighted by molar-refractivity contribution is 7.89. The number of hydrazine groups is 1. The highest BCUT2D eigenvalue weighted by Crippen LogP contribution is 2.41. The Bertz CT molecular complexity index is 734. The van der Waals surface area contributed by atoms with Crippen molar-refractivity contribution in [2.75, 3.05) is 5.43 Å². The fraction of sp³-hybridized carbons (Fsp3) is 0.214. The van der Waals surface area contributed by atoms with Crippen molar-refractivity contribution in [3.05, 3.63) is 54.2 Å². The third-order valence-electron chi connectivity index (χ3n) is 3.52. The molecule has 1 heterocycles. The minimum absolute atomic E-state index is 0.0613. The molecule has 0 aliphatic heterocycles. The van der Waals surface area contributed by atoms with Gasteiger partial charge in [-0.15, -0.1) is 0 Å². The number of benzene rings is 1. The standard InChI is InChI=1S/C14H16N4O2S/c15-17-14-13(7-4-8-16-14)21(19,20)18-12-9-11(12)10-5-2-1-3-6-10/h1-8,11-12,18H,9,15H2,(H,16,17). The first kappa shape index (κ1) is 14.0. The first-order valence-corrected chi connectivity index (χ1v) is 8.09. The van der Waals surface area contributed by atoms with E-state index in [0.29, 0.717) is 0 Å². The zero-order chi connectivity index (χ0) is 14.9. The molecule has 0 spiro atoms. The summed E-state index contributed by atoms with van der Waals surface area (Å²) in [6.07, 6.45) is 2.28. The molecule has 2 unspecified atom stereocenters. The number of anilines is 1. The first-order valence-electron chi connectivity index (χ1n) is 6.61. The van der Waals surface area contributed by atoms with Crippen LogP contribution in [0.1, 0.15) is 17.9 Å². The van der Waals surface area contributed by atoms with Crippen LogP contribution in [-0.2, 0) is 10.0 Å². The molecule has 1 aromatic carbocycles.